The van der Waals surface area contributed by atoms with Crippen molar-refractivity contribution in [2.75, 3.05) is 5.32 Å². The van der Waals surface area contributed by atoms with Gasteiger partial charge < -0.3 is 0 Å². The monoisotopic (exact) mass is 567 g/mol. The number of hydrogen-bond donors (Lipinski definition) is 1. The first-order chi connectivity index (χ1) is 16.5. The van der Waals surface area contributed by atoms with Crippen LogP contribution in [0.5, 0.6) is 0 Å². The van der Waals surface area contributed by atoms with E-state index in [0.29, 0.717) is 27.2 Å². The van der Waals surface area contributed by atoms with Gasteiger partial charge in [0.25, 0.3) is 5.91 Å². The third-order valence-corrected chi connectivity index (χ3v) is 7.39. The van der Waals surface area contributed by atoms with Crippen molar-refractivity contribution < 1.29 is 4.79 Å². The first-order valence-electron chi connectivity index (χ1n) is 10.3. The van der Waals surface area contributed by atoms with Gasteiger partial charge >= 0.3 is 0 Å². The van der Waals surface area contributed by atoms with E-state index in [9.17, 15) is 4.79 Å². The summed E-state index contributed by atoms with van der Waals surface area (Å²) in [4.78, 5) is 23.5. The van der Waals surface area contributed by atoms with Gasteiger partial charge in [-0.05, 0) is 42.0 Å². The van der Waals surface area contributed by atoms with Gasteiger partial charge in [-0.2, -0.15) is 0 Å². The maximum atomic E-state index is 13.4. The number of anilines is 1. The molecule has 1 N–H and O–H groups in total. The molecule has 0 aliphatic heterocycles. The highest BCUT2D eigenvalue weighted by Crippen LogP contribution is 2.31. The van der Waals surface area contributed by atoms with Gasteiger partial charge in [-0.15, -0.1) is 11.3 Å². The van der Waals surface area contributed by atoms with Crippen LogP contribution in [0.25, 0.3) is 22.2 Å². The molecule has 1 amide bonds. The third kappa shape index (κ3) is 4.86. The van der Waals surface area contributed by atoms with Gasteiger partial charge in [0.1, 0.15) is 0 Å². The van der Waals surface area contributed by atoms with Crippen LogP contribution in [0.15, 0.2) is 83.5 Å². The molecule has 0 atom stereocenters. The summed E-state index contributed by atoms with van der Waals surface area (Å²) in [7, 11) is 0. The summed E-state index contributed by atoms with van der Waals surface area (Å²) < 4.78 is 0.872. The zero-order valence-electron chi connectivity index (χ0n) is 17.6. The van der Waals surface area contributed by atoms with Crippen LogP contribution in [-0.4, -0.2) is 15.9 Å². The Kier molecular flexibility index (Phi) is 6.66. The minimum Gasteiger partial charge on any atom is -0.298 e. The molecule has 0 saturated carbocycles. The van der Waals surface area contributed by atoms with Gasteiger partial charge in [0.2, 0.25) is 0 Å². The number of rotatable bonds is 5. The first kappa shape index (κ1) is 23.0. The fourth-order valence-electron chi connectivity index (χ4n) is 3.63. The lowest BCUT2D eigenvalue weighted by Crippen LogP contribution is -2.13. The number of carbonyl (C=O) groups is 1. The summed E-state index contributed by atoms with van der Waals surface area (Å²) in [5.74, 6) is -0.251. The Balaban J connectivity index is 1.46. The van der Waals surface area contributed by atoms with Crippen LogP contribution >= 0.6 is 50.5 Å². The van der Waals surface area contributed by atoms with Gasteiger partial charge in [0.05, 0.1) is 16.8 Å². The van der Waals surface area contributed by atoms with Crippen molar-refractivity contribution in [1.29, 1.82) is 0 Å². The highest BCUT2D eigenvalue weighted by molar-refractivity contribution is 9.10. The molecule has 0 spiro atoms. The summed E-state index contributed by atoms with van der Waals surface area (Å²) in [6.45, 7) is 0. The highest BCUT2D eigenvalue weighted by atomic mass is 79.9. The van der Waals surface area contributed by atoms with Crippen molar-refractivity contribution >= 4 is 72.4 Å². The van der Waals surface area contributed by atoms with E-state index in [1.807, 2.05) is 72.8 Å². The van der Waals surface area contributed by atoms with Crippen molar-refractivity contribution in [1.82, 2.24) is 9.97 Å². The smallest absolute Gasteiger partial charge is 0.258 e. The molecule has 0 radical (unpaired) electrons. The molecule has 0 aliphatic carbocycles. The van der Waals surface area contributed by atoms with Crippen molar-refractivity contribution in [2.24, 2.45) is 0 Å². The number of thiazole rings is 1. The van der Waals surface area contributed by atoms with E-state index in [2.05, 4.69) is 26.2 Å². The van der Waals surface area contributed by atoms with Crippen molar-refractivity contribution in [2.45, 2.75) is 6.42 Å². The quantitative estimate of drug-likeness (QED) is 0.232. The molecule has 4 nitrogen and oxygen atoms in total. The van der Waals surface area contributed by atoms with Gasteiger partial charge in [-0.1, -0.05) is 75.5 Å². The van der Waals surface area contributed by atoms with Gasteiger partial charge in [-0.25, -0.2) is 9.97 Å². The number of hydrogen-bond acceptors (Lipinski definition) is 4. The molecular formula is C26H16BrCl2N3OS. The summed E-state index contributed by atoms with van der Waals surface area (Å²) in [6.07, 6.45) is 2.27. The van der Waals surface area contributed by atoms with Crippen molar-refractivity contribution in [3.8, 4) is 11.3 Å². The largest absolute Gasteiger partial charge is 0.298 e. The van der Waals surface area contributed by atoms with Crippen LogP contribution in [0.1, 0.15) is 20.8 Å². The Bertz CT molecular complexity index is 1500. The minimum atomic E-state index is -0.251. The third-order valence-electron chi connectivity index (χ3n) is 5.27. The van der Waals surface area contributed by atoms with Crippen molar-refractivity contribution in [3.05, 3.63) is 110 Å². The van der Waals surface area contributed by atoms with Crippen LogP contribution in [-0.2, 0) is 6.42 Å². The second-order valence-corrected chi connectivity index (χ2v) is 10.4. The summed E-state index contributed by atoms with van der Waals surface area (Å²) in [5.41, 5.74) is 3.77. The molecular weight excluding hydrogens is 553 g/mol. The Labute approximate surface area is 218 Å². The van der Waals surface area contributed by atoms with E-state index in [-0.39, 0.29) is 5.91 Å². The Hall–Kier alpha value is -2.77. The van der Waals surface area contributed by atoms with Gasteiger partial charge in [0.15, 0.2) is 5.13 Å². The number of aromatic nitrogens is 2. The molecule has 0 saturated heterocycles. The Morgan fingerprint density at radius 2 is 1.74 bits per heavy atom. The van der Waals surface area contributed by atoms with Gasteiger partial charge in [0, 0.05) is 43.0 Å². The minimum absolute atomic E-state index is 0.251. The number of fused-ring (bicyclic) bond motifs is 1. The van der Waals surface area contributed by atoms with Crippen molar-refractivity contribution in [3.63, 3.8) is 0 Å². The number of amides is 1. The topological polar surface area (TPSA) is 54.9 Å². The maximum Gasteiger partial charge on any atom is 0.258 e. The lowest BCUT2D eigenvalue weighted by Gasteiger charge is -2.10. The normalized spacial score (nSPS) is 11.0. The lowest BCUT2D eigenvalue weighted by atomic mass is 10.0. The molecule has 0 unspecified atom stereocenters. The molecule has 2 heterocycles. The molecule has 5 aromatic rings. The average molecular weight is 569 g/mol. The van der Waals surface area contributed by atoms with E-state index in [0.717, 1.165) is 37.1 Å². The first-order valence-corrected chi connectivity index (χ1v) is 12.7. The molecule has 5 rings (SSSR count). The van der Waals surface area contributed by atoms with Crippen LogP contribution in [0.2, 0.25) is 10.0 Å². The lowest BCUT2D eigenvalue weighted by molar-refractivity contribution is 0.102. The number of carbonyl (C=O) groups excluding carboxylic acids is 1. The zero-order valence-corrected chi connectivity index (χ0v) is 21.5. The number of halogens is 3. The standard InChI is InChI=1S/C26H16BrCl2N3OS/c27-16-9-10-23-18(11-16)19(13-24(31-23)15-5-2-1-3-6-15)25(33)32-26-30-14-17(34-26)12-20-21(28)7-4-8-22(20)29/h1-11,13-14H,12H2,(H,30,32,33). The Morgan fingerprint density at radius 3 is 2.50 bits per heavy atom. The zero-order chi connectivity index (χ0) is 23.7. The number of benzene rings is 3. The van der Waals surface area contributed by atoms with E-state index in [1.165, 1.54) is 11.3 Å². The fourth-order valence-corrected chi connectivity index (χ4v) is 5.34. The molecule has 2 aromatic heterocycles. The van der Waals surface area contributed by atoms with E-state index >= 15 is 0 Å². The number of nitrogens with one attached hydrogen (secondary N) is 1. The van der Waals surface area contributed by atoms with E-state index in [1.54, 1.807) is 6.20 Å². The molecule has 8 heteroatoms. The molecule has 168 valence electrons. The highest BCUT2D eigenvalue weighted by Gasteiger charge is 2.17. The Morgan fingerprint density at radius 1 is 0.971 bits per heavy atom. The van der Waals surface area contributed by atoms with E-state index in [4.69, 9.17) is 28.2 Å². The molecule has 0 fully saturated rings. The summed E-state index contributed by atoms with van der Waals surface area (Å²) >= 11 is 17.5. The molecule has 0 bridgehead atoms. The van der Waals surface area contributed by atoms with Crippen LogP contribution < -0.4 is 5.32 Å². The van der Waals surface area contributed by atoms with E-state index < -0.39 is 0 Å². The fraction of sp³-hybridized carbons (Fsp3) is 0.0385. The average Bonchev–Trinajstić information content (AvgIpc) is 3.28. The second kappa shape index (κ2) is 9.84. The number of pyridine rings is 1. The second-order valence-electron chi connectivity index (χ2n) is 7.55. The summed E-state index contributed by atoms with van der Waals surface area (Å²) in [5, 5.41) is 5.41. The molecule has 3 aromatic carbocycles. The predicted molar refractivity (Wildman–Crippen MR) is 144 cm³/mol. The molecule has 0 aliphatic rings. The van der Waals surface area contributed by atoms with Gasteiger partial charge in [-0.3, -0.25) is 10.1 Å². The number of nitrogens with zero attached hydrogens (tertiary/aromatic N) is 2. The van der Waals surface area contributed by atoms with Crippen LogP contribution in [0.4, 0.5) is 5.13 Å². The molecule has 34 heavy (non-hydrogen) atoms. The SMILES string of the molecule is O=C(Nc1ncc(Cc2c(Cl)cccc2Cl)s1)c1cc(-c2ccccc2)nc2ccc(Br)cc12. The van der Waals surface area contributed by atoms with Crippen LogP contribution in [0, 0.1) is 0 Å². The van der Waals surface area contributed by atoms with Crippen LogP contribution in [0.3, 0.4) is 0 Å². The predicted octanol–water partition coefficient (Wildman–Crippen LogP) is 8.27. The maximum absolute atomic E-state index is 13.4. The summed E-state index contributed by atoms with van der Waals surface area (Å²) in [6, 6.07) is 22.8.